The number of anilines is 1. The van der Waals surface area contributed by atoms with E-state index in [1.807, 2.05) is 19.1 Å². The number of halogens is 1. The van der Waals surface area contributed by atoms with Crippen molar-refractivity contribution in [3.05, 3.63) is 48.2 Å². The molecule has 15 heteroatoms. The molecule has 0 fully saturated rings. The molecular formula is C27H26FN7O6S. The summed E-state index contributed by atoms with van der Waals surface area (Å²) >= 11 is 1.26. The Kier molecular flexibility index (Phi) is 8.49. The van der Waals surface area contributed by atoms with E-state index < -0.39 is 24.1 Å². The van der Waals surface area contributed by atoms with Crippen molar-refractivity contribution in [3.63, 3.8) is 0 Å². The van der Waals surface area contributed by atoms with Gasteiger partial charge in [0.15, 0.2) is 5.82 Å². The van der Waals surface area contributed by atoms with Crippen LogP contribution in [-0.4, -0.2) is 73.6 Å². The molecule has 4 heterocycles. The summed E-state index contributed by atoms with van der Waals surface area (Å²) in [5.41, 5.74) is 3.61. The average Bonchev–Trinajstić information content (AvgIpc) is 3.38. The van der Waals surface area contributed by atoms with Crippen molar-refractivity contribution in [3.8, 4) is 28.3 Å². The summed E-state index contributed by atoms with van der Waals surface area (Å²) in [6.45, 7) is 4.83. The predicted octanol–water partition coefficient (Wildman–Crippen LogP) is 4.32. The van der Waals surface area contributed by atoms with E-state index in [1.54, 1.807) is 13.8 Å². The second-order valence-electron chi connectivity index (χ2n) is 9.23. The van der Waals surface area contributed by atoms with E-state index in [4.69, 9.17) is 24.1 Å². The molecule has 0 spiro atoms. The summed E-state index contributed by atoms with van der Waals surface area (Å²) in [6.07, 6.45) is 2.19. The number of aliphatic hydroxyl groups is 1. The molecule has 0 aliphatic rings. The number of hydrogen-bond donors (Lipinski definition) is 2. The molecule has 5 aromatic rings. The van der Waals surface area contributed by atoms with E-state index in [2.05, 4.69) is 35.2 Å². The van der Waals surface area contributed by atoms with Gasteiger partial charge in [-0.1, -0.05) is 11.3 Å². The number of nitrogens with zero attached hydrogens (tertiary/aromatic N) is 6. The van der Waals surface area contributed by atoms with Gasteiger partial charge >= 0.3 is 12.1 Å². The monoisotopic (exact) mass is 595 g/mol. The smallest absolute Gasteiger partial charge is 0.412 e. The zero-order valence-electron chi connectivity index (χ0n) is 23.0. The summed E-state index contributed by atoms with van der Waals surface area (Å²) in [4.78, 5) is 38.4. The zero-order valence-corrected chi connectivity index (χ0v) is 23.8. The fourth-order valence-electron chi connectivity index (χ4n) is 3.77. The van der Waals surface area contributed by atoms with Crippen molar-refractivity contribution in [1.82, 2.24) is 29.9 Å². The van der Waals surface area contributed by atoms with E-state index in [-0.39, 0.29) is 30.8 Å². The molecule has 2 N–H and O–H groups in total. The van der Waals surface area contributed by atoms with Crippen LogP contribution in [0, 0.1) is 12.7 Å². The number of aliphatic hydroxyl groups excluding tert-OH is 1. The molecular weight excluding hydrogens is 569 g/mol. The number of aromatic nitrogens is 6. The van der Waals surface area contributed by atoms with E-state index >= 15 is 0 Å². The molecule has 218 valence electrons. The van der Waals surface area contributed by atoms with Crippen LogP contribution in [0.25, 0.3) is 32.0 Å². The maximum absolute atomic E-state index is 14.8. The van der Waals surface area contributed by atoms with Crippen molar-refractivity contribution in [2.24, 2.45) is 0 Å². The first-order valence-electron chi connectivity index (χ1n) is 12.7. The Bertz CT molecular complexity index is 1740. The van der Waals surface area contributed by atoms with Crippen molar-refractivity contribution < 1.29 is 33.2 Å². The number of carbonyl (C=O) groups excluding carboxylic acids is 1. The summed E-state index contributed by atoms with van der Waals surface area (Å²) in [7, 11) is 1.52. The Morgan fingerprint density at radius 3 is 2.57 bits per heavy atom. The Morgan fingerprint density at radius 2 is 1.83 bits per heavy atom. The minimum Gasteiger partial charge on any atom is -0.480 e. The van der Waals surface area contributed by atoms with E-state index in [0.717, 1.165) is 11.1 Å². The number of nitrogens with one attached hydrogen (secondary N) is 1. The average molecular weight is 596 g/mol. The number of ether oxygens (including phenoxy) is 4. The fraction of sp³-hybridized carbons (Fsp3) is 0.296. The minimum atomic E-state index is -0.783. The largest absolute Gasteiger partial charge is 0.480 e. The molecule has 42 heavy (non-hydrogen) atoms. The summed E-state index contributed by atoms with van der Waals surface area (Å²) in [5, 5.41) is 12.1. The molecule has 0 bridgehead atoms. The Hall–Kier alpha value is -4.76. The second kappa shape index (κ2) is 12.4. The first-order valence-corrected chi connectivity index (χ1v) is 13.5. The highest BCUT2D eigenvalue weighted by molar-refractivity contribution is 7.21. The molecule has 4 aromatic heterocycles. The number of pyridine rings is 1. The lowest BCUT2D eigenvalue weighted by Gasteiger charge is -2.15. The van der Waals surface area contributed by atoms with Crippen LogP contribution in [0.2, 0.25) is 0 Å². The Morgan fingerprint density at radius 1 is 1.05 bits per heavy atom. The first kappa shape index (κ1) is 28.8. The molecule has 2 atom stereocenters. The minimum absolute atomic E-state index is 0.0540. The van der Waals surface area contributed by atoms with Gasteiger partial charge in [-0.2, -0.15) is 4.98 Å². The standard InChI is InChI=1S/C27H26FN7O6S/c1-13-5-17(22-19(6-13)33-21(38-4)10-29-22)24-34-20-7-18(28)23(35-25(20)42-24)39-12-15(3)41-27(37)32-16-8-30-26(31-9-16)40-14(2)11-36/h5-10,14-15,36H,11-12H2,1-4H3,(H,32,37)/t14-,15+/m0/s1. The lowest BCUT2D eigenvalue weighted by Crippen LogP contribution is -2.25. The van der Waals surface area contributed by atoms with Gasteiger partial charge in [-0.25, -0.2) is 34.1 Å². The van der Waals surface area contributed by atoms with Gasteiger partial charge in [-0.15, -0.1) is 0 Å². The summed E-state index contributed by atoms with van der Waals surface area (Å²) in [6, 6.07) is 5.13. The number of hydrogen-bond acceptors (Lipinski definition) is 13. The number of thiazole rings is 1. The van der Waals surface area contributed by atoms with Crippen LogP contribution >= 0.6 is 11.3 Å². The molecule has 1 aromatic carbocycles. The van der Waals surface area contributed by atoms with Gasteiger partial charge in [-0.05, 0) is 38.5 Å². The lowest BCUT2D eigenvalue weighted by molar-refractivity contribution is 0.0827. The number of rotatable bonds is 10. The quantitative estimate of drug-likeness (QED) is 0.235. The topological polar surface area (TPSA) is 164 Å². The van der Waals surface area contributed by atoms with Crippen molar-refractivity contribution in [2.45, 2.75) is 33.0 Å². The Labute approximate surface area is 242 Å². The van der Waals surface area contributed by atoms with Gasteiger partial charge in [0.05, 0.1) is 49.0 Å². The highest BCUT2D eigenvalue weighted by Gasteiger charge is 2.18. The second-order valence-corrected chi connectivity index (χ2v) is 10.2. The van der Waals surface area contributed by atoms with Crippen molar-refractivity contribution >= 4 is 44.5 Å². The molecule has 0 aliphatic carbocycles. The fourth-order valence-corrected chi connectivity index (χ4v) is 4.70. The highest BCUT2D eigenvalue weighted by Crippen LogP contribution is 2.35. The highest BCUT2D eigenvalue weighted by atomic mass is 32.1. The number of benzene rings is 1. The number of amides is 1. The third-order valence-electron chi connectivity index (χ3n) is 5.71. The number of carbonyl (C=O) groups is 1. The van der Waals surface area contributed by atoms with Crippen LogP contribution in [0.4, 0.5) is 14.9 Å². The van der Waals surface area contributed by atoms with Gasteiger partial charge < -0.3 is 24.1 Å². The van der Waals surface area contributed by atoms with Crippen LogP contribution in [-0.2, 0) is 4.74 Å². The van der Waals surface area contributed by atoms with Gasteiger partial charge in [0.25, 0.3) is 5.88 Å². The molecule has 13 nitrogen and oxygen atoms in total. The SMILES string of the molecule is COc1cnc2c(-c3nc4cc(F)c(OC[C@@H](C)OC(=O)Nc5cnc(O[C@@H](C)CO)nc5)nc4s3)cc(C)cc2n1. The number of aryl methyl sites for hydroxylation is 1. The van der Waals surface area contributed by atoms with Crippen LogP contribution in [0.5, 0.6) is 17.8 Å². The number of fused-ring (bicyclic) bond motifs is 2. The van der Waals surface area contributed by atoms with E-state index in [0.29, 0.717) is 32.3 Å². The van der Waals surface area contributed by atoms with Crippen molar-refractivity contribution in [1.29, 1.82) is 0 Å². The maximum Gasteiger partial charge on any atom is 0.412 e. The predicted molar refractivity (Wildman–Crippen MR) is 151 cm³/mol. The summed E-state index contributed by atoms with van der Waals surface area (Å²) in [5.74, 6) is -0.551. The van der Waals surface area contributed by atoms with Gasteiger partial charge in [0.2, 0.25) is 5.88 Å². The van der Waals surface area contributed by atoms with Crippen LogP contribution in [0.3, 0.4) is 0 Å². The van der Waals surface area contributed by atoms with Crippen LogP contribution < -0.4 is 19.5 Å². The molecule has 0 saturated carbocycles. The first-order chi connectivity index (χ1) is 20.2. The summed E-state index contributed by atoms with van der Waals surface area (Å²) < 4.78 is 36.1. The number of methoxy groups -OCH3 is 1. The van der Waals surface area contributed by atoms with E-state index in [1.165, 1.54) is 43.1 Å². The normalized spacial score (nSPS) is 12.6. The molecule has 5 rings (SSSR count). The Balaban J connectivity index is 1.24. The van der Waals surface area contributed by atoms with Gasteiger partial charge in [-0.3, -0.25) is 5.32 Å². The molecule has 0 saturated heterocycles. The third-order valence-corrected chi connectivity index (χ3v) is 6.71. The zero-order chi connectivity index (χ0) is 29.8. The maximum atomic E-state index is 14.8. The van der Waals surface area contributed by atoms with Crippen molar-refractivity contribution in [2.75, 3.05) is 25.6 Å². The molecule has 0 aliphatic heterocycles. The van der Waals surface area contributed by atoms with E-state index in [9.17, 15) is 9.18 Å². The third kappa shape index (κ3) is 6.58. The molecule has 1 amide bonds. The van der Waals surface area contributed by atoms with Gasteiger partial charge in [0, 0.05) is 11.6 Å². The van der Waals surface area contributed by atoms with Crippen LogP contribution in [0.15, 0.2) is 36.8 Å². The lowest BCUT2D eigenvalue weighted by atomic mass is 10.1. The van der Waals surface area contributed by atoms with Crippen LogP contribution in [0.1, 0.15) is 19.4 Å². The van der Waals surface area contributed by atoms with Gasteiger partial charge in [0.1, 0.15) is 34.2 Å². The molecule has 0 radical (unpaired) electrons. The molecule has 0 unspecified atom stereocenters.